The molecule has 3 nitrogen and oxygen atoms in total. The first-order valence-electron chi connectivity index (χ1n) is 8.36. The van der Waals surface area contributed by atoms with E-state index in [9.17, 15) is 9.90 Å². The molecular formula is C20H32O3. The fourth-order valence-electron chi connectivity index (χ4n) is 2.63. The number of aromatic hydroxyl groups is 1. The Balaban J connectivity index is 2.90. The van der Waals surface area contributed by atoms with E-state index in [2.05, 4.69) is 41.5 Å². The largest absolute Gasteiger partial charge is 0.508 e. The first kappa shape index (κ1) is 19.5. The van der Waals surface area contributed by atoms with Gasteiger partial charge >= 0.3 is 5.97 Å². The first-order valence-corrected chi connectivity index (χ1v) is 8.36. The van der Waals surface area contributed by atoms with Crippen molar-refractivity contribution in [3.8, 4) is 5.75 Å². The number of esters is 1. The molecule has 130 valence electrons. The van der Waals surface area contributed by atoms with E-state index in [0.717, 1.165) is 18.4 Å². The third-order valence-corrected chi connectivity index (χ3v) is 5.20. The Morgan fingerprint density at radius 2 is 1.57 bits per heavy atom. The summed E-state index contributed by atoms with van der Waals surface area (Å²) in [6.07, 6.45) is 1.80. The van der Waals surface area contributed by atoms with Gasteiger partial charge in [0.05, 0.1) is 5.41 Å². The Morgan fingerprint density at radius 1 is 1.04 bits per heavy atom. The van der Waals surface area contributed by atoms with Crippen molar-refractivity contribution in [2.45, 2.75) is 67.9 Å². The summed E-state index contributed by atoms with van der Waals surface area (Å²) in [6.45, 7) is 15.1. The van der Waals surface area contributed by atoms with Gasteiger partial charge in [0, 0.05) is 0 Å². The van der Waals surface area contributed by atoms with Crippen molar-refractivity contribution in [2.24, 2.45) is 16.2 Å². The molecule has 0 aliphatic carbocycles. The maximum atomic E-state index is 12.9. The van der Waals surface area contributed by atoms with Gasteiger partial charge in [0.2, 0.25) is 0 Å². The molecule has 0 aliphatic rings. The highest BCUT2D eigenvalue weighted by molar-refractivity contribution is 5.77. The maximum Gasteiger partial charge on any atom is 0.312 e. The molecule has 0 radical (unpaired) electrons. The van der Waals surface area contributed by atoms with Gasteiger partial charge < -0.3 is 9.84 Å². The van der Waals surface area contributed by atoms with Crippen LogP contribution >= 0.6 is 0 Å². The number of benzene rings is 1. The lowest BCUT2D eigenvalue weighted by atomic mass is 9.60. The third-order valence-electron chi connectivity index (χ3n) is 5.20. The van der Waals surface area contributed by atoms with Gasteiger partial charge in [-0.15, -0.1) is 0 Å². The summed E-state index contributed by atoms with van der Waals surface area (Å²) in [6, 6.07) is 6.75. The summed E-state index contributed by atoms with van der Waals surface area (Å²) in [5.74, 6) is 0.0592. The predicted molar refractivity (Wildman–Crippen MR) is 94.2 cm³/mol. The summed E-state index contributed by atoms with van der Waals surface area (Å²) < 4.78 is 5.63. The number of ether oxygens (including phenoxy) is 1. The smallest absolute Gasteiger partial charge is 0.312 e. The number of carbonyl (C=O) groups excluding carboxylic acids is 1. The van der Waals surface area contributed by atoms with Crippen LogP contribution in [0.2, 0.25) is 0 Å². The van der Waals surface area contributed by atoms with E-state index in [1.807, 2.05) is 6.92 Å². The van der Waals surface area contributed by atoms with Gasteiger partial charge in [-0.05, 0) is 41.9 Å². The van der Waals surface area contributed by atoms with E-state index >= 15 is 0 Å². The average molecular weight is 320 g/mol. The van der Waals surface area contributed by atoms with E-state index < -0.39 is 5.41 Å². The fourth-order valence-corrected chi connectivity index (χ4v) is 2.63. The normalized spacial score (nSPS) is 15.1. The molecular weight excluding hydrogens is 288 g/mol. The summed E-state index contributed by atoms with van der Waals surface area (Å²) >= 11 is 0. The van der Waals surface area contributed by atoms with Crippen LogP contribution in [-0.4, -0.2) is 11.1 Å². The number of rotatable bonds is 6. The van der Waals surface area contributed by atoms with Crippen molar-refractivity contribution in [1.29, 1.82) is 0 Å². The lowest BCUT2D eigenvalue weighted by Gasteiger charge is -2.44. The summed E-state index contributed by atoms with van der Waals surface area (Å²) in [4.78, 5) is 12.9. The highest BCUT2D eigenvalue weighted by atomic mass is 16.5. The second-order valence-electron chi connectivity index (χ2n) is 8.52. The Labute approximate surface area is 141 Å². The predicted octanol–water partition coefficient (Wildman–Crippen LogP) is 5.31. The number of hydrogen-bond acceptors (Lipinski definition) is 3. The molecule has 0 spiro atoms. The molecule has 0 aromatic heterocycles. The van der Waals surface area contributed by atoms with Crippen LogP contribution in [0.15, 0.2) is 24.3 Å². The van der Waals surface area contributed by atoms with Gasteiger partial charge in [-0.1, -0.05) is 60.1 Å². The molecule has 3 heteroatoms. The molecule has 0 aliphatic heterocycles. The fraction of sp³-hybridized carbons (Fsp3) is 0.650. The van der Waals surface area contributed by atoms with Crippen molar-refractivity contribution >= 4 is 5.97 Å². The molecule has 1 rings (SSSR count). The third kappa shape index (κ3) is 4.98. The zero-order chi connectivity index (χ0) is 17.9. The van der Waals surface area contributed by atoms with E-state index in [4.69, 9.17) is 4.74 Å². The van der Waals surface area contributed by atoms with Gasteiger partial charge in [-0.3, -0.25) is 4.79 Å². The van der Waals surface area contributed by atoms with Crippen LogP contribution in [0.1, 0.15) is 66.9 Å². The highest BCUT2D eigenvalue weighted by Gasteiger charge is 2.48. The van der Waals surface area contributed by atoms with Crippen molar-refractivity contribution in [1.82, 2.24) is 0 Å². The van der Waals surface area contributed by atoms with Crippen LogP contribution in [0, 0.1) is 16.2 Å². The Kier molecular flexibility index (Phi) is 5.89. The second kappa shape index (κ2) is 6.94. The van der Waals surface area contributed by atoms with Crippen LogP contribution in [0.4, 0.5) is 0 Å². The zero-order valence-corrected chi connectivity index (χ0v) is 15.7. The molecule has 1 atom stereocenters. The minimum absolute atomic E-state index is 0.0829. The second-order valence-corrected chi connectivity index (χ2v) is 8.52. The molecule has 0 amide bonds. The Bertz CT molecular complexity index is 523. The van der Waals surface area contributed by atoms with Gasteiger partial charge in [-0.25, -0.2) is 0 Å². The standard InChI is InChI=1S/C20H32O3/c1-8-19(5,6)14-20(7,18(2,3)4)17(22)23-13-15-9-11-16(21)12-10-15/h9-12,21H,8,13-14H2,1-7H3. The molecule has 1 aromatic carbocycles. The molecule has 0 saturated carbocycles. The molecule has 1 N–H and O–H groups in total. The first-order chi connectivity index (χ1) is 10.4. The minimum Gasteiger partial charge on any atom is -0.508 e. The summed E-state index contributed by atoms with van der Waals surface area (Å²) in [5, 5.41) is 9.32. The molecule has 1 unspecified atom stereocenters. The van der Waals surface area contributed by atoms with Crippen LogP contribution in [-0.2, 0) is 16.1 Å². The van der Waals surface area contributed by atoms with Gasteiger partial charge in [-0.2, -0.15) is 0 Å². The van der Waals surface area contributed by atoms with Gasteiger partial charge in [0.25, 0.3) is 0 Å². The van der Waals surface area contributed by atoms with E-state index in [-0.39, 0.29) is 29.2 Å². The van der Waals surface area contributed by atoms with E-state index in [0.29, 0.717) is 0 Å². The van der Waals surface area contributed by atoms with Crippen molar-refractivity contribution in [3.63, 3.8) is 0 Å². The van der Waals surface area contributed by atoms with Crippen molar-refractivity contribution < 1.29 is 14.6 Å². The SMILES string of the molecule is CCC(C)(C)CC(C)(C(=O)OCc1ccc(O)cc1)C(C)(C)C. The number of phenolic OH excluding ortho intramolecular Hbond substituents is 1. The molecule has 0 bridgehead atoms. The lowest BCUT2D eigenvalue weighted by molar-refractivity contribution is -0.166. The topological polar surface area (TPSA) is 46.5 Å². The van der Waals surface area contributed by atoms with Gasteiger partial charge in [0.1, 0.15) is 12.4 Å². The van der Waals surface area contributed by atoms with Crippen LogP contribution in [0.3, 0.4) is 0 Å². The zero-order valence-electron chi connectivity index (χ0n) is 15.7. The number of carbonyl (C=O) groups is 1. The lowest BCUT2D eigenvalue weighted by Crippen LogP contribution is -2.44. The molecule has 1 aromatic rings. The number of phenols is 1. The summed E-state index contributed by atoms with van der Waals surface area (Å²) in [7, 11) is 0. The monoisotopic (exact) mass is 320 g/mol. The molecule has 23 heavy (non-hydrogen) atoms. The van der Waals surface area contributed by atoms with Crippen LogP contribution in [0.25, 0.3) is 0 Å². The Hall–Kier alpha value is -1.51. The molecule has 0 saturated heterocycles. The average Bonchev–Trinajstić information content (AvgIpc) is 2.44. The maximum absolute atomic E-state index is 12.9. The van der Waals surface area contributed by atoms with Crippen LogP contribution in [0.5, 0.6) is 5.75 Å². The molecule has 0 fully saturated rings. The minimum atomic E-state index is -0.552. The van der Waals surface area contributed by atoms with Gasteiger partial charge in [0.15, 0.2) is 0 Å². The van der Waals surface area contributed by atoms with E-state index in [1.165, 1.54) is 0 Å². The Morgan fingerprint density at radius 3 is 2.00 bits per heavy atom. The van der Waals surface area contributed by atoms with E-state index in [1.54, 1.807) is 24.3 Å². The highest BCUT2D eigenvalue weighted by Crippen LogP contribution is 2.48. The number of hydrogen-bond donors (Lipinski definition) is 1. The molecule has 0 heterocycles. The van der Waals surface area contributed by atoms with Crippen molar-refractivity contribution in [3.05, 3.63) is 29.8 Å². The van der Waals surface area contributed by atoms with Crippen LogP contribution < -0.4 is 0 Å². The van der Waals surface area contributed by atoms with Crippen molar-refractivity contribution in [2.75, 3.05) is 0 Å². The quantitative estimate of drug-likeness (QED) is 0.722. The summed E-state index contributed by atoms with van der Waals surface area (Å²) in [5.41, 5.74) is 0.219.